The number of nitrogens with one attached hydrogen (secondary N) is 1. The molecule has 0 spiro atoms. The standard InChI is InChI=1S/C16H18BrIN2/c1-3-20-15(8-12-7-13(17)10-19-9-12)14-6-4-5-11(2)16(14)18/h4-7,9-10,15,20H,3,8H2,1-2H3. The smallest absolute Gasteiger partial charge is 0.0410 e. The van der Waals surface area contributed by atoms with Gasteiger partial charge in [-0.3, -0.25) is 4.98 Å². The van der Waals surface area contributed by atoms with E-state index in [0.717, 1.165) is 17.4 Å². The third-order valence-electron chi connectivity index (χ3n) is 3.25. The van der Waals surface area contributed by atoms with Crippen LogP contribution in [0.25, 0.3) is 0 Å². The Bertz CT molecular complexity index is 586. The monoisotopic (exact) mass is 444 g/mol. The van der Waals surface area contributed by atoms with Gasteiger partial charge in [-0.1, -0.05) is 25.1 Å². The Hall–Kier alpha value is -0.460. The molecule has 1 aromatic carbocycles. The maximum absolute atomic E-state index is 4.25. The van der Waals surface area contributed by atoms with E-state index in [1.165, 1.54) is 20.3 Å². The summed E-state index contributed by atoms with van der Waals surface area (Å²) in [4.78, 5) is 4.25. The molecule has 1 heterocycles. The van der Waals surface area contributed by atoms with Crippen LogP contribution in [-0.2, 0) is 6.42 Å². The maximum Gasteiger partial charge on any atom is 0.0410 e. The topological polar surface area (TPSA) is 24.9 Å². The first kappa shape index (κ1) is 15.9. The predicted octanol–water partition coefficient (Wildman–Crippen LogP) is 4.65. The van der Waals surface area contributed by atoms with Crippen LogP contribution in [-0.4, -0.2) is 11.5 Å². The van der Waals surface area contributed by atoms with Crippen molar-refractivity contribution in [3.8, 4) is 0 Å². The minimum atomic E-state index is 0.322. The Morgan fingerprint density at radius 3 is 2.85 bits per heavy atom. The molecule has 2 nitrogen and oxygen atoms in total. The molecule has 1 unspecified atom stereocenters. The van der Waals surface area contributed by atoms with E-state index in [2.05, 4.69) is 86.9 Å². The number of aryl methyl sites for hydroxylation is 1. The molecule has 1 N–H and O–H groups in total. The number of halogens is 2. The van der Waals surface area contributed by atoms with Gasteiger partial charge in [-0.05, 0) is 81.2 Å². The zero-order chi connectivity index (χ0) is 14.5. The fourth-order valence-electron chi connectivity index (χ4n) is 2.28. The Morgan fingerprint density at radius 1 is 1.35 bits per heavy atom. The second kappa shape index (κ2) is 7.52. The van der Waals surface area contributed by atoms with Crippen LogP contribution >= 0.6 is 38.5 Å². The van der Waals surface area contributed by atoms with Crippen LogP contribution in [0.3, 0.4) is 0 Å². The largest absolute Gasteiger partial charge is 0.310 e. The van der Waals surface area contributed by atoms with Crippen LogP contribution in [0.2, 0.25) is 0 Å². The summed E-state index contributed by atoms with van der Waals surface area (Å²) in [7, 11) is 0. The van der Waals surface area contributed by atoms with Gasteiger partial charge >= 0.3 is 0 Å². The van der Waals surface area contributed by atoms with Crippen molar-refractivity contribution in [3.05, 3.63) is 61.4 Å². The molecular weight excluding hydrogens is 427 g/mol. The SMILES string of the molecule is CCNC(Cc1cncc(Br)c1)c1cccc(C)c1I. The van der Waals surface area contributed by atoms with Crippen molar-refractivity contribution >= 4 is 38.5 Å². The molecule has 0 saturated heterocycles. The third-order valence-corrected chi connectivity index (χ3v) is 5.16. The molecule has 4 heteroatoms. The van der Waals surface area contributed by atoms with E-state index in [0.29, 0.717) is 6.04 Å². The highest BCUT2D eigenvalue weighted by Gasteiger charge is 2.15. The van der Waals surface area contributed by atoms with Crippen molar-refractivity contribution in [2.45, 2.75) is 26.3 Å². The Balaban J connectivity index is 2.29. The second-order valence-electron chi connectivity index (χ2n) is 4.80. The first-order chi connectivity index (χ1) is 9.61. The number of hydrogen-bond acceptors (Lipinski definition) is 2. The van der Waals surface area contributed by atoms with Gasteiger partial charge in [0.05, 0.1) is 0 Å². The molecule has 1 atom stereocenters. The van der Waals surface area contributed by atoms with Crippen LogP contribution in [0.4, 0.5) is 0 Å². The van der Waals surface area contributed by atoms with Crippen molar-refractivity contribution in [2.24, 2.45) is 0 Å². The van der Waals surface area contributed by atoms with Crippen LogP contribution < -0.4 is 5.32 Å². The number of rotatable bonds is 5. The van der Waals surface area contributed by atoms with Gasteiger partial charge in [0.25, 0.3) is 0 Å². The number of benzene rings is 1. The van der Waals surface area contributed by atoms with Crippen LogP contribution in [0.15, 0.2) is 41.1 Å². The first-order valence-corrected chi connectivity index (χ1v) is 8.56. The summed E-state index contributed by atoms with van der Waals surface area (Å²) in [6.07, 6.45) is 4.71. The van der Waals surface area contributed by atoms with Crippen LogP contribution in [0.5, 0.6) is 0 Å². The minimum absolute atomic E-state index is 0.322. The molecule has 0 radical (unpaired) electrons. The van der Waals surface area contributed by atoms with E-state index < -0.39 is 0 Å². The molecular formula is C16H18BrIN2. The molecule has 20 heavy (non-hydrogen) atoms. The molecule has 0 bridgehead atoms. The number of pyridine rings is 1. The van der Waals surface area contributed by atoms with Crippen molar-refractivity contribution in [2.75, 3.05) is 6.54 Å². The van der Waals surface area contributed by atoms with Gasteiger partial charge in [0.2, 0.25) is 0 Å². The fraction of sp³-hybridized carbons (Fsp3) is 0.312. The highest BCUT2D eigenvalue weighted by molar-refractivity contribution is 14.1. The summed E-state index contributed by atoms with van der Waals surface area (Å²) < 4.78 is 2.38. The summed E-state index contributed by atoms with van der Waals surface area (Å²) in [5.41, 5.74) is 3.94. The Morgan fingerprint density at radius 2 is 2.15 bits per heavy atom. The van der Waals surface area contributed by atoms with Crippen molar-refractivity contribution < 1.29 is 0 Å². The number of hydrogen-bond donors (Lipinski definition) is 1. The minimum Gasteiger partial charge on any atom is -0.310 e. The zero-order valence-corrected chi connectivity index (χ0v) is 15.4. The molecule has 1 aromatic heterocycles. The molecule has 0 amide bonds. The van der Waals surface area contributed by atoms with Gasteiger partial charge in [0, 0.05) is 26.5 Å². The summed E-state index contributed by atoms with van der Waals surface area (Å²) >= 11 is 5.93. The summed E-state index contributed by atoms with van der Waals surface area (Å²) in [5, 5.41) is 3.59. The van der Waals surface area contributed by atoms with E-state index in [9.17, 15) is 0 Å². The molecule has 0 fully saturated rings. The molecule has 0 aliphatic carbocycles. The molecule has 106 valence electrons. The zero-order valence-electron chi connectivity index (χ0n) is 11.7. The summed E-state index contributed by atoms with van der Waals surface area (Å²) in [6, 6.07) is 8.97. The van der Waals surface area contributed by atoms with Gasteiger partial charge in [-0.25, -0.2) is 0 Å². The normalized spacial score (nSPS) is 12.4. The molecule has 0 saturated carbocycles. The fourth-order valence-corrected chi connectivity index (χ4v) is 3.43. The van der Waals surface area contributed by atoms with Gasteiger partial charge in [0.1, 0.15) is 0 Å². The summed E-state index contributed by atoms with van der Waals surface area (Å²) in [5.74, 6) is 0. The second-order valence-corrected chi connectivity index (χ2v) is 6.80. The van der Waals surface area contributed by atoms with E-state index in [1.807, 2.05) is 12.4 Å². The van der Waals surface area contributed by atoms with E-state index in [1.54, 1.807) is 0 Å². The molecule has 0 aliphatic heterocycles. The maximum atomic E-state index is 4.25. The first-order valence-electron chi connectivity index (χ1n) is 6.69. The lowest BCUT2D eigenvalue weighted by Crippen LogP contribution is -2.24. The third kappa shape index (κ3) is 4.02. The van der Waals surface area contributed by atoms with Gasteiger partial charge < -0.3 is 5.32 Å². The lowest BCUT2D eigenvalue weighted by Gasteiger charge is -2.21. The van der Waals surface area contributed by atoms with Gasteiger partial charge in [-0.2, -0.15) is 0 Å². The lowest BCUT2D eigenvalue weighted by atomic mass is 9.98. The Kier molecular flexibility index (Phi) is 5.99. The van der Waals surface area contributed by atoms with Crippen molar-refractivity contribution in [1.82, 2.24) is 10.3 Å². The van der Waals surface area contributed by atoms with Crippen molar-refractivity contribution in [3.63, 3.8) is 0 Å². The average molecular weight is 445 g/mol. The molecule has 2 rings (SSSR count). The van der Waals surface area contributed by atoms with Gasteiger partial charge in [-0.15, -0.1) is 0 Å². The average Bonchev–Trinajstić information content (AvgIpc) is 2.42. The van der Waals surface area contributed by atoms with Gasteiger partial charge in [0.15, 0.2) is 0 Å². The lowest BCUT2D eigenvalue weighted by molar-refractivity contribution is 0.546. The number of nitrogens with zero attached hydrogens (tertiary/aromatic N) is 1. The number of likely N-dealkylation sites (N-methyl/N-ethyl adjacent to an activating group) is 1. The van der Waals surface area contributed by atoms with Crippen LogP contribution in [0.1, 0.15) is 29.7 Å². The van der Waals surface area contributed by atoms with E-state index >= 15 is 0 Å². The molecule has 2 aromatic rings. The van der Waals surface area contributed by atoms with Crippen molar-refractivity contribution in [1.29, 1.82) is 0 Å². The highest BCUT2D eigenvalue weighted by Crippen LogP contribution is 2.26. The molecule has 0 aliphatic rings. The Labute approximate surface area is 142 Å². The highest BCUT2D eigenvalue weighted by atomic mass is 127. The number of aromatic nitrogens is 1. The van der Waals surface area contributed by atoms with E-state index in [4.69, 9.17) is 0 Å². The van der Waals surface area contributed by atoms with Crippen LogP contribution in [0, 0.1) is 10.5 Å². The summed E-state index contributed by atoms with van der Waals surface area (Å²) in [6.45, 7) is 5.26. The quantitative estimate of drug-likeness (QED) is 0.679. The van der Waals surface area contributed by atoms with E-state index in [-0.39, 0.29) is 0 Å². The predicted molar refractivity (Wildman–Crippen MR) is 96.0 cm³/mol.